The molecule has 0 aliphatic carbocycles. The maximum Gasteiger partial charge on any atom is 0.255 e. The number of hydrogen-bond donors (Lipinski definition) is 0. The summed E-state index contributed by atoms with van der Waals surface area (Å²) in [7, 11) is 1.78. The number of hydrogen-bond acceptors (Lipinski definition) is 4. The monoisotopic (exact) mass is 417 g/mol. The summed E-state index contributed by atoms with van der Waals surface area (Å²) in [6.07, 6.45) is 4.37. The van der Waals surface area contributed by atoms with Crippen LogP contribution in [0.5, 0.6) is 0 Å². The predicted octanol–water partition coefficient (Wildman–Crippen LogP) is 4.04. The molecule has 1 aliphatic heterocycles. The highest BCUT2D eigenvalue weighted by atomic mass is 32.2. The van der Waals surface area contributed by atoms with Crippen LogP contribution < -0.4 is 4.90 Å². The lowest BCUT2D eigenvalue weighted by Crippen LogP contribution is -2.30. The molecule has 0 unspecified atom stereocenters. The SMILES string of the molecule is CN(Cc1cccnc1)C(=O)c1ccccc1SCC(=O)N1CCc2ccccc21. The molecule has 1 aliphatic rings. The Bertz CT molecular complexity index is 1060. The fourth-order valence-electron chi connectivity index (χ4n) is 3.63. The summed E-state index contributed by atoms with van der Waals surface area (Å²) in [6.45, 7) is 1.20. The van der Waals surface area contributed by atoms with Crippen LogP contribution in [0.1, 0.15) is 21.5 Å². The van der Waals surface area contributed by atoms with E-state index in [2.05, 4.69) is 11.1 Å². The Morgan fingerprint density at radius 3 is 2.70 bits per heavy atom. The summed E-state index contributed by atoms with van der Waals surface area (Å²) in [4.78, 5) is 34.3. The standard InChI is InChI=1S/C24H23N3O2S/c1-26(16-18-7-6-13-25-15-18)24(29)20-9-3-5-11-22(20)30-17-23(28)27-14-12-19-8-2-4-10-21(19)27/h2-11,13,15H,12,14,16-17H2,1H3. The van der Waals surface area contributed by atoms with Crippen LogP contribution in [0.2, 0.25) is 0 Å². The maximum absolute atomic E-state index is 13.0. The Kier molecular flexibility index (Phi) is 6.14. The van der Waals surface area contributed by atoms with Crippen molar-refractivity contribution in [1.82, 2.24) is 9.88 Å². The molecule has 1 aromatic heterocycles. The maximum atomic E-state index is 13.0. The van der Waals surface area contributed by atoms with Gasteiger partial charge < -0.3 is 9.80 Å². The van der Waals surface area contributed by atoms with Crippen LogP contribution in [0.15, 0.2) is 78.0 Å². The number of fused-ring (bicyclic) bond motifs is 1. The third-order valence-corrected chi connectivity index (χ3v) is 6.20. The average Bonchev–Trinajstić information content (AvgIpc) is 3.22. The minimum atomic E-state index is -0.0686. The van der Waals surface area contributed by atoms with Crippen LogP contribution in [0.25, 0.3) is 0 Å². The van der Waals surface area contributed by atoms with Gasteiger partial charge in [-0.25, -0.2) is 0 Å². The number of carbonyl (C=O) groups is 2. The summed E-state index contributed by atoms with van der Waals surface area (Å²) >= 11 is 1.42. The van der Waals surface area contributed by atoms with E-state index >= 15 is 0 Å². The minimum absolute atomic E-state index is 0.0657. The number of thioether (sulfide) groups is 1. The molecule has 2 aromatic carbocycles. The van der Waals surface area contributed by atoms with E-state index in [1.807, 2.05) is 59.5 Å². The highest BCUT2D eigenvalue weighted by Gasteiger charge is 2.24. The fraction of sp³-hybridized carbons (Fsp3) is 0.208. The third-order valence-electron chi connectivity index (χ3n) is 5.15. The number of amides is 2. The van der Waals surface area contributed by atoms with E-state index in [-0.39, 0.29) is 11.8 Å². The Hall–Kier alpha value is -3.12. The highest BCUT2D eigenvalue weighted by molar-refractivity contribution is 8.00. The van der Waals surface area contributed by atoms with E-state index in [1.165, 1.54) is 17.3 Å². The summed E-state index contributed by atoms with van der Waals surface area (Å²) in [5.41, 5.74) is 3.80. The Morgan fingerprint density at radius 2 is 1.87 bits per heavy atom. The molecule has 0 bridgehead atoms. The molecule has 0 saturated heterocycles. The number of benzene rings is 2. The molecule has 2 amide bonds. The van der Waals surface area contributed by atoms with Gasteiger partial charge in [0.2, 0.25) is 5.91 Å². The second-order valence-corrected chi connectivity index (χ2v) is 8.25. The average molecular weight is 418 g/mol. The summed E-state index contributed by atoms with van der Waals surface area (Å²) in [5, 5.41) is 0. The van der Waals surface area contributed by atoms with Crippen LogP contribution in [0.4, 0.5) is 5.69 Å². The van der Waals surface area contributed by atoms with Crippen molar-refractivity contribution in [3.05, 3.63) is 89.7 Å². The molecule has 0 spiro atoms. The van der Waals surface area contributed by atoms with Gasteiger partial charge in [0.05, 0.1) is 11.3 Å². The lowest BCUT2D eigenvalue weighted by Gasteiger charge is -2.20. The van der Waals surface area contributed by atoms with Crippen LogP contribution in [-0.4, -0.2) is 41.0 Å². The van der Waals surface area contributed by atoms with Crippen LogP contribution in [0, 0.1) is 0 Å². The molecule has 0 N–H and O–H groups in total. The number of nitrogens with zero attached hydrogens (tertiary/aromatic N) is 3. The Morgan fingerprint density at radius 1 is 1.07 bits per heavy atom. The molecule has 0 radical (unpaired) electrons. The molecule has 3 aromatic rings. The zero-order chi connectivity index (χ0) is 20.9. The number of aromatic nitrogens is 1. The smallest absolute Gasteiger partial charge is 0.255 e. The predicted molar refractivity (Wildman–Crippen MR) is 120 cm³/mol. The second-order valence-electron chi connectivity index (χ2n) is 7.23. The lowest BCUT2D eigenvalue weighted by molar-refractivity contribution is -0.116. The van der Waals surface area contributed by atoms with Gasteiger partial charge in [-0.15, -0.1) is 11.8 Å². The number of anilines is 1. The van der Waals surface area contributed by atoms with E-state index in [0.717, 1.165) is 22.6 Å². The molecule has 0 saturated carbocycles. The van der Waals surface area contributed by atoms with Crippen molar-refractivity contribution in [3.63, 3.8) is 0 Å². The molecular formula is C24H23N3O2S. The van der Waals surface area contributed by atoms with E-state index in [1.54, 1.807) is 24.3 Å². The van der Waals surface area contributed by atoms with E-state index < -0.39 is 0 Å². The van der Waals surface area contributed by atoms with Crippen molar-refractivity contribution in [2.45, 2.75) is 17.9 Å². The zero-order valence-electron chi connectivity index (χ0n) is 16.8. The summed E-state index contributed by atoms with van der Waals surface area (Å²) in [5.74, 6) is 0.294. The van der Waals surface area contributed by atoms with Gasteiger partial charge in [-0.2, -0.15) is 0 Å². The second kappa shape index (κ2) is 9.13. The number of pyridine rings is 1. The molecule has 6 heteroatoms. The molecule has 5 nitrogen and oxygen atoms in total. The molecule has 0 fully saturated rings. The van der Waals surface area contributed by atoms with Crippen LogP contribution >= 0.6 is 11.8 Å². The molecule has 0 atom stereocenters. The van der Waals surface area contributed by atoms with Gasteiger partial charge in [-0.3, -0.25) is 14.6 Å². The van der Waals surface area contributed by atoms with Crippen molar-refractivity contribution >= 4 is 29.3 Å². The minimum Gasteiger partial charge on any atom is -0.337 e. The van der Waals surface area contributed by atoms with Crippen molar-refractivity contribution in [2.24, 2.45) is 0 Å². The van der Waals surface area contributed by atoms with Gasteiger partial charge in [-0.1, -0.05) is 36.4 Å². The zero-order valence-corrected chi connectivity index (χ0v) is 17.6. The van der Waals surface area contributed by atoms with Gasteiger partial charge in [0, 0.05) is 43.1 Å². The van der Waals surface area contributed by atoms with Gasteiger partial charge >= 0.3 is 0 Å². The molecule has 30 heavy (non-hydrogen) atoms. The van der Waals surface area contributed by atoms with E-state index in [9.17, 15) is 9.59 Å². The first-order chi connectivity index (χ1) is 14.6. The van der Waals surface area contributed by atoms with Gasteiger partial charge in [0.15, 0.2) is 0 Å². The summed E-state index contributed by atoms with van der Waals surface area (Å²) < 4.78 is 0. The quantitative estimate of drug-likeness (QED) is 0.568. The normalized spacial score (nSPS) is 12.5. The van der Waals surface area contributed by atoms with E-state index in [0.29, 0.717) is 24.4 Å². The topological polar surface area (TPSA) is 53.5 Å². The Balaban J connectivity index is 1.43. The molecule has 152 valence electrons. The third kappa shape index (κ3) is 4.39. The molecular weight excluding hydrogens is 394 g/mol. The first kappa shape index (κ1) is 20.2. The van der Waals surface area contributed by atoms with Crippen LogP contribution in [-0.2, 0) is 17.8 Å². The van der Waals surface area contributed by atoms with Gasteiger partial charge in [0.1, 0.15) is 0 Å². The first-order valence-electron chi connectivity index (χ1n) is 9.88. The van der Waals surface area contributed by atoms with Crippen molar-refractivity contribution in [1.29, 1.82) is 0 Å². The summed E-state index contributed by atoms with van der Waals surface area (Å²) in [6, 6.07) is 19.3. The van der Waals surface area contributed by atoms with E-state index in [4.69, 9.17) is 0 Å². The Labute approximate surface area is 180 Å². The lowest BCUT2D eigenvalue weighted by atomic mass is 10.2. The molecule has 4 rings (SSSR count). The highest BCUT2D eigenvalue weighted by Crippen LogP contribution is 2.30. The fourth-order valence-corrected chi connectivity index (χ4v) is 4.55. The van der Waals surface area contributed by atoms with Gasteiger partial charge in [0.25, 0.3) is 5.91 Å². The van der Waals surface area contributed by atoms with Crippen molar-refractivity contribution in [2.75, 3.05) is 24.2 Å². The number of para-hydroxylation sites is 1. The van der Waals surface area contributed by atoms with Gasteiger partial charge in [-0.05, 0) is 41.8 Å². The van der Waals surface area contributed by atoms with Crippen molar-refractivity contribution in [3.8, 4) is 0 Å². The largest absolute Gasteiger partial charge is 0.337 e. The van der Waals surface area contributed by atoms with Crippen molar-refractivity contribution < 1.29 is 9.59 Å². The molecule has 2 heterocycles. The van der Waals surface area contributed by atoms with Crippen LogP contribution in [0.3, 0.4) is 0 Å². The number of carbonyl (C=O) groups excluding carboxylic acids is 2. The number of rotatable bonds is 6. The first-order valence-corrected chi connectivity index (χ1v) is 10.9.